The third-order valence-electron chi connectivity index (χ3n) is 1.84. The van der Waals surface area contributed by atoms with Gasteiger partial charge in [-0.3, -0.25) is 0 Å². The zero-order valence-electron chi connectivity index (χ0n) is 8.36. The van der Waals surface area contributed by atoms with Crippen molar-refractivity contribution in [3.05, 3.63) is 11.2 Å². The number of anilines is 1. The van der Waals surface area contributed by atoms with Crippen molar-refractivity contribution in [1.29, 1.82) is 0 Å². The van der Waals surface area contributed by atoms with Gasteiger partial charge in [0, 0.05) is 11.8 Å². The first-order valence-corrected chi connectivity index (χ1v) is 5.43. The summed E-state index contributed by atoms with van der Waals surface area (Å²) in [6, 6.07) is 0. The standard InChI is InChI=1S/C8H7F3N4OS/c9-8(10,11)2-1-5-14-6(16-15-5)4-3-17-7(12)13-4/h3H,1-2H2,(H2,12,13). The Morgan fingerprint density at radius 1 is 1.35 bits per heavy atom. The molecule has 0 bridgehead atoms. The number of hydrogen-bond donors (Lipinski definition) is 1. The zero-order chi connectivity index (χ0) is 12.5. The van der Waals surface area contributed by atoms with E-state index in [1.54, 1.807) is 5.38 Å². The number of hydrogen-bond acceptors (Lipinski definition) is 6. The van der Waals surface area contributed by atoms with E-state index in [9.17, 15) is 13.2 Å². The van der Waals surface area contributed by atoms with Crippen molar-refractivity contribution in [2.75, 3.05) is 5.73 Å². The molecule has 5 nitrogen and oxygen atoms in total. The van der Waals surface area contributed by atoms with Gasteiger partial charge < -0.3 is 10.3 Å². The number of rotatable bonds is 3. The molecule has 0 aliphatic heterocycles. The fourth-order valence-corrected chi connectivity index (χ4v) is 1.64. The first-order valence-electron chi connectivity index (χ1n) is 4.55. The molecule has 9 heteroatoms. The number of aryl methyl sites for hydroxylation is 1. The molecular weight excluding hydrogens is 257 g/mol. The smallest absolute Gasteiger partial charge is 0.375 e. The van der Waals surface area contributed by atoms with E-state index in [0.29, 0.717) is 10.8 Å². The number of nitrogens with two attached hydrogens (primary N) is 1. The maximum absolute atomic E-state index is 12.0. The minimum atomic E-state index is -4.23. The molecular formula is C8H7F3N4OS. The topological polar surface area (TPSA) is 77.8 Å². The van der Waals surface area contributed by atoms with E-state index in [0.717, 1.165) is 0 Å². The fraction of sp³-hybridized carbons (Fsp3) is 0.375. The summed E-state index contributed by atoms with van der Waals surface area (Å²) in [5.41, 5.74) is 5.78. The Morgan fingerprint density at radius 3 is 2.71 bits per heavy atom. The van der Waals surface area contributed by atoms with Crippen LogP contribution in [0.2, 0.25) is 0 Å². The summed E-state index contributed by atoms with van der Waals surface area (Å²) in [7, 11) is 0. The summed E-state index contributed by atoms with van der Waals surface area (Å²) in [4.78, 5) is 7.69. The highest BCUT2D eigenvalue weighted by atomic mass is 32.1. The molecule has 2 rings (SSSR count). The van der Waals surface area contributed by atoms with Crippen molar-refractivity contribution < 1.29 is 17.7 Å². The molecule has 0 fully saturated rings. The van der Waals surface area contributed by atoms with Crippen LogP contribution in [0.1, 0.15) is 12.2 Å². The second-order valence-electron chi connectivity index (χ2n) is 3.20. The van der Waals surface area contributed by atoms with Crippen LogP contribution in [-0.2, 0) is 6.42 Å². The summed E-state index contributed by atoms with van der Waals surface area (Å²) in [6.45, 7) is 0. The van der Waals surface area contributed by atoms with Crippen LogP contribution < -0.4 is 5.73 Å². The SMILES string of the molecule is Nc1nc(-c2nc(CCC(F)(F)F)no2)cs1. The van der Waals surface area contributed by atoms with Crippen LogP contribution in [-0.4, -0.2) is 21.3 Å². The average Bonchev–Trinajstić information content (AvgIpc) is 2.81. The third kappa shape index (κ3) is 3.16. The lowest BCUT2D eigenvalue weighted by Crippen LogP contribution is -2.09. The van der Waals surface area contributed by atoms with E-state index in [4.69, 9.17) is 10.3 Å². The Bertz CT molecular complexity index is 507. The van der Waals surface area contributed by atoms with Crippen molar-refractivity contribution in [3.63, 3.8) is 0 Å². The van der Waals surface area contributed by atoms with Crippen LogP contribution in [0.25, 0.3) is 11.6 Å². The Morgan fingerprint density at radius 2 is 2.12 bits per heavy atom. The fourth-order valence-electron chi connectivity index (χ4n) is 1.10. The Labute approximate surface area is 97.5 Å². The monoisotopic (exact) mass is 264 g/mol. The van der Waals surface area contributed by atoms with Gasteiger partial charge in [-0.25, -0.2) is 4.98 Å². The van der Waals surface area contributed by atoms with Gasteiger partial charge in [-0.15, -0.1) is 11.3 Å². The van der Waals surface area contributed by atoms with Gasteiger partial charge in [0.2, 0.25) is 0 Å². The Hall–Kier alpha value is -1.64. The second-order valence-corrected chi connectivity index (χ2v) is 4.09. The Kier molecular flexibility index (Phi) is 3.01. The van der Waals surface area contributed by atoms with Crippen LogP contribution in [0.3, 0.4) is 0 Å². The number of thiazole rings is 1. The maximum atomic E-state index is 12.0. The molecule has 0 amide bonds. The van der Waals surface area contributed by atoms with E-state index in [1.807, 2.05) is 0 Å². The lowest BCUT2D eigenvalue weighted by atomic mass is 10.3. The van der Waals surface area contributed by atoms with Gasteiger partial charge >= 0.3 is 6.18 Å². The summed E-state index contributed by atoms with van der Waals surface area (Å²) in [5.74, 6) is 0.0824. The van der Waals surface area contributed by atoms with E-state index in [1.165, 1.54) is 11.3 Å². The second kappa shape index (κ2) is 4.32. The molecule has 0 saturated carbocycles. The van der Waals surface area contributed by atoms with E-state index in [-0.39, 0.29) is 18.1 Å². The van der Waals surface area contributed by atoms with Gasteiger partial charge in [0.1, 0.15) is 5.69 Å². The van der Waals surface area contributed by atoms with E-state index >= 15 is 0 Å². The molecule has 0 atom stereocenters. The zero-order valence-corrected chi connectivity index (χ0v) is 9.18. The molecule has 17 heavy (non-hydrogen) atoms. The molecule has 0 spiro atoms. The third-order valence-corrected chi connectivity index (χ3v) is 2.52. The molecule has 2 N–H and O–H groups in total. The lowest BCUT2D eigenvalue weighted by molar-refractivity contribution is -0.134. The van der Waals surface area contributed by atoms with Gasteiger partial charge in [0.25, 0.3) is 5.89 Å². The largest absolute Gasteiger partial charge is 0.389 e. The minimum Gasteiger partial charge on any atom is -0.375 e. The van der Waals surface area contributed by atoms with Crippen molar-refractivity contribution in [1.82, 2.24) is 15.1 Å². The lowest BCUT2D eigenvalue weighted by Gasteiger charge is -2.01. The summed E-state index contributed by atoms with van der Waals surface area (Å²) in [6.07, 6.45) is -5.52. The van der Waals surface area contributed by atoms with Crippen LogP contribution in [0, 0.1) is 0 Å². The summed E-state index contributed by atoms with van der Waals surface area (Å²) in [5, 5.41) is 5.36. The van der Waals surface area contributed by atoms with Crippen molar-refractivity contribution >= 4 is 16.5 Å². The summed E-state index contributed by atoms with van der Waals surface area (Å²) < 4.78 is 40.7. The predicted molar refractivity (Wildman–Crippen MR) is 54.2 cm³/mol. The molecule has 0 radical (unpaired) electrons. The van der Waals surface area contributed by atoms with Gasteiger partial charge in [-0.05, 0) is 0 Å². The number of halogens is 3. The molecule has 2 aromatic rings. The highest BCUT2D eigenvalue weighted by Gasteiger charge is 2.27. The first-order chi connectivity index (χ1) is 7.94. The normalized spacial score (nSPS) is 11.9. The van der Waals surface area contributed by atoms with Crippen LogP contribution in [0.5, 0.6) is 0 Å². The molecule has 2 heterocycles. The Balaban J connectivity index is 2.06. The molecule has 92 valence electrons. The first kappa shape index (κ1) is 11.8. The van der Waals surface area contributed by atoms with E-state index in [2.05, 4.69) is 15.1 Å². The van der Waals surface area contributed by atoms with Gasteiger partial charge in [-0.2, -0.15) is 18.2 Å². The molecule has 0 aliphatic rings. The minimum absolute atomic E-state index is 0.00361. The van der Waals surface area contributed by atoms with E-state index < -0.39 is 12.6 Å². The number of aromatic nitrogens is 3. The number of nitrogens with zero attached hydrogens (tertiary/aromatic N) is 3. The van der Waals surface area contributed by atoms with Gasteiger partial charge in [0.15, 0.2) is 11.0 Å². The molecule has 0 unspecified atom stereocenters. The molecule has 0 saturated heterocycles. The number of alkyl halides is 3. The summed E-state index contributed by atoms with van der Waals surface area (Å²) >= 11 is 1.18. The van der Waals surface area contributed by atoms with Crippen molar-refractivity contribution in [3.8, 4) is 11.6 Å². The highest BCUT2D eigenvalue weighted by molar-refractivity contribution is 7.13. The predicted octanol–water partition coefficient (Wildman–Crippen LogP) is 2.27. The molecule has 0 aliphatic carbocycles. The van der Waals surface area contributed by atoms with Crippen molar-refractivity contribution in [2.45, 2.75) is 19.0 Å². The van der Waals surface area contributed by atoms with Crippen LogP contribution in [0.15, 0.2) is 9.90 Å². The molecule has 0 aromatic carbocycles. The van der Waals surface area contributed by atoms with Gasteiger partial charge in [-0.1, -0.05) is 5.16 Å². The number of nitrogen functional groups attached to an aromatic ring is 1. The highest BCUT2D eigenvalue weighted by Crippen LogP contribution is 2.24. The van der Waals surface area contributed by atoms with Crippen LogP contribution in [0.4, 0.5) is 18.3 Å². The maximum Gasteiger partial charge on any atom is 0.389 e. The van der Waals surface area contributed by atoms with Gasteiger partial charge in [0.05, 0.1) is 6.42 Å². The molecule has 2 aromatic heterocycles. The van der Waals surface area contributed by atoms with Crippen molar-refractivity contribution in [2.24, 2.45) is 0 Å². The van der Waals surface area contributed by atoms with Crippen LogP contribution >= 0.6 is 11.3 Å². The average molecular weight is 264 g/mol. The quantitative estimate of drug-likeness (QED) is 0.920.